The Kier molecular flexibility index (Phi) is 4.38. The zero-order chi connectivity index (χ0) is 11.4. The Bertz CT molecular complexity index is 319. The van der Waals surface area contributed by atoms with Gasteiger partial charge in [-0.15, -0.1) is 0 Å². The second-order valence-corrected chi connectivity index (χ2v) is 5.36. The quantitative estimate of drug-likeness (QED) is 0.926. The van der Waals surface area contributed by atoms with E-state index in [1.165, 1.54) is 5.56 Å². The molecule has 1 saturated heterocycles. The normalized spacial score (nSPS) is 19.6. The van der Waals surface area contributed by atoms with E-state index in [1.807, 2.05) is 0 Å². The Morgan fingerprint density at radius 1 is 1.25 bits per heavy atom. The van der Waals surface area contributed by atoms with Gasteiger partial charge in [0.2, 0.25) is 0 Å². The lowest BCUT2D eigenvalue weighted by Crippen LogP contribution is -2.35. The largest absolute Gasteiger partial charge is 0.381 e. The Hall–Kier alpha value is -0.380. The molecule has 1 aromatic rings. The van der Waals surface area contributed by atoms with Crippen LogP contribution in [-0.2, 0) is 11.2 Å². The van der Waals surface area contributed by atoms with Crippen molar-refractivity contribution in [2.24, 2.45) is 11.7 Å². The van der Waals surface area contributed by atoms with Gasteiger partial charge in [0.05, 0.1) is 0 Å². The van der Waals surface area contributed by atoms with Gasteiger partial charge < -0.3 is 10.5 Å². The van der Waals surface area contributed by atoms with E-state index >= 15 is 0 Å². The highest BCUT2D eigenvalue weighted by atomic mass is 79.9. The van der Waals surface area contributed by atoms with Crippen molar-refractivity contribution in [1.29, 1.82) is 0 Å². The van der Waals surface area contributed by atoms with E-state index in [1.54, 1.807) is 0 Å². The van der Waals surface area contributed by atoms with Crippen molar-refractivity contribution in [3.63, 3.8) is 0 Å². The van der Waals surface area contributed by atoms with Gasteiger partial charge in [-0.05, 0) is 42.9 Å². The first kappa shape index (κ1) is 12.1. The fourth-order valence-corrected chi connectivity index (χ4v) is 2.47. The summed E-state index contributed by atoms with van der Waals surface area (Å²) in [6, 6.07) is 8.70. The van der Waals surface area contributed by atoms with Gasteiger partial charge in [0.1, 0.15) is 0 Å². The summed E-state index contributed by atoms with van der Waals surface area (Å²) in [5, 5.41) is 0. The number of ether oxygens (including phenoxy) is 1. The lowest BCUT2D eigenvalue weighted by atomic mass is 9.88. The molecule has 3 heteroatoms. The first-order valence-electron chi connectivity index (χ1n) is 5.83. The minimum atomic E-state index is 0.269. The van der Waals surface area contributed by atoms with Crippen molar-refractivity contribution >= 4 is 15.9 Å². The van der Waals surface area contributed by atoms with E-state index < -0.39 is 0 Å². The highest BCUT2D eigenvalue weighted by molar-refractivity contribution is 9.10. The first-order valence-corrected chi connectivity index (χ1v) is 6.63. The highest BCUT2D eigenvalue weighted by Crippen LogP contribution is 2.20. The molecule has 0 aromatic heterocycles. The summed E-state index contributed by atoms with van der Waals surface area (Å²) in [4.78, 5) is 0. The van der Waals surface area contributed by atoms with Crippen LogP contribution in [0.15, 0.2) is 28.7 Å². The smallest absolute Gasteiger partial charge is 0.0469 e. The second kappa shape index (κ2) is 5.80. The molecule has 0 spiro atoms. The topological polar surface area (TPSA) is 35.2 Å². The van der Waals surface area contributed by atoms with Crippen LogP contribution in [0.4, 0.5) is 0 Å². The number of nitrogens with two attached hydrogens (primary N) is 1. The van der Waals surface area contributed by atoms with Crippen molar-refractivity contribution in [3.8, 4) is 0 Å². The first-order chi connectivity index (χ1) is 7.75. The van der Waals surface area contributed by atoms with E-state index in [-0.39, 0.29) is 6.04 Å². The van der Waals surface area contributed by atoms with E-state index in [2.05, 4.69) is 40.2 Å². The zero-order valence-electron chi connectivity index (χ0n) is 9.36. The molecule has 1 aromatic carbocycles. The average molecular weight is 284 g/mol. The summed E-state index contributed by atoms with van der Waals surface area (Å²) in [5.41, 5.74) is 7.57. The molecule has 1 heterocycles. The van der Waals surface area contributed by atoms with Gasteiger partial charge in [-0.2, -0.15) is 0 Å². The number of rotatable bonds is 3. The Balaban J connectivity index is 1.90. The summed E-state index contributed by atoms with van der Waals surface area (Å²) in [6.45, 7) is 1.75. The molecule has 2 nitrogen and oxygen atoms in total. The van der Waals surface area contributed by atoms with Crippen LogP contribution in [0.3, 0.4) is 0 Å². The summed E-state index contributed by atoms with van der Waals surface area (Å²) in [6.07, 6.45) is 3.19. The van der Waals surface area contributed by atoms with Gasteiger partial charge in [0, 0.05) is 23.7 Å². The minimum Gasteiger partial charge on any atom is -0.381 e. The molecule has 2 N–H and O–H groups in total. The average Bonchev–Trinajstić information content (AvgIpc) is 2.33. The molecular weight excluding hydrogens is 266 g/mol. The zero-order valence-corrected chi connectivity index (χ0v) is 10.9. The molecule has 0 amide bonds. The fourth-order valence-electron chi connectivity index (χ4n) is 2.20. The van der Waals surface area contributed by atoms with E-state index in [0.29, 0.717) is 5.92 Å². The van der Waals surface area contributed by atoms with Gasteiger partial charge in [0.25, 0.3) is 0 Å². The predicted octanol–water partition coefficient (Wildman–Crippen LogP) is 2.75. The SMILES string of the molecule is NC(Cc1ccc(Br)cc1)C1CCOCC1. The third-order valence-corrected chi connectivity index (χ3v) is 3.78. The summed E-state index contributed by atoms with van der Waals surface area (Å²) < 4.78 is 6.48. The maximum Gasteiger partial charge on any atom is 0.0469 e. The number of halogens is 1. The Morgan fingerprint density at radius 2 is 1.88 bits per heavy atom. The van der Waals surface area contributed by atoms with Crippen LogP contribution in [0.2, 0.25) is 0 Å². The summed E-state index contributed by atoms with van der Waals surface area (Å²) in [7, 11) is 0. The third kappa shape index (κ3) is 3.30. The lowest BCUT2D eigenvalue weighted by molar-refractivity contribution is 0.0585. The van der Waals surface area contributed by atoms with Crippen molar-refractivity contribution in [1.82, 2.24) is 0 Å². The van der Waals surface area contributed by atoms with Crippen LogP contribution < -0.4 is 5.73 Å². The van der Waals surface area contributed by atoms with Gasteiger partial charge >= 0.3 is 0 Å². The van der Waals surface area contributed by atoms with Crippen LogP contribution in [0.5, 0.6) is 0 Å². The highest BCUT2D eigenvalue weighted by Gasteiger charge is 2.20. The second-order valence-electron chi connectivity index (χ2n) is 4.44. The van der Waals surface area contributed by atoms with Gasteiger partial charge in [-0.25, -0.2) is 0 Å². The number of hydrogen-bond donors (Lipinski definition) is 1. The van der Waals surface area contributed by atoms with Gasteiger partial charge in [-0.1, -0.05) is 28.1 Å². The molecule has 1 aliphatic heterocycles. The molecule has 0 bridgehead atoms. The van der Waals surface area contributed by atoms with Crippen LogP contribution in [0, 0.1) is 5.92 Å². The standard InChI is InChI=1S/C13H18BrNO/c14-12-3-1-10(2-4-12)9-13(15)11-5-7-16-8-6-11/h1-4,11,13H,5-9,15H2. The van der Waals surface area contributed by atoms with E-state index in [4.69, 9.17) is 10.5 Å². The van der Waals surface area contributed by atoms with E-state index in [0.717, 1.165) is 36.9 Å². The minimum absolute atomic E-state index is 0.269. The molecule has 16 heavy (non-hydrogen) atoms. The van der Waals surface area contributed by atoms with Gasteiger partial charge in [0.15, 0.2) is 0 Å². The fraction of sp³-hybridized carbons (Fsp3) is 0.538. The summed E-state index contributed by atoms with van der Waals surface area (Å²) >= 11 is 3.44. The Morgan fingerprint density at radius 3 is 2.50 bits per heavy atom. The number of benzene rings is 1. The molecule has 88 valence electrons. The maximum absolute atomic E-state index is 6.25. The monoisotopic (exact) mass is 283 g/mol. The number of hydrogen-bond acceptors (Lipinski definition) is 2. The van der Waals surface area contributed by atoms with Crippen molar-refractivity contribution < 1.29 is 4.74 Å². The molecule has 0 saturated carbocycles. The molecule has 0 aliphatic carbocycles. The Labute approximate surface area is 105 Å². The molecular formula is C13H18BrNO. The molecule has 2 rings (SSSR count). The van der Waals surface area contributed by atoms with Crippen molar-refractivity contribution in [3.05, 3.63) is 34.3 Å². The van der Waals surface area contributed by atoms with Crippen LogP contribution in [0.1, 0.15) is 18.4 Å². The maximum atomic E-state index is 6.25. The third-order valence-electron chi connectivity index (χ3n) is 3.26. The molecule has 1 unspecified atom stereocenters. The molecule has 1 atom stereocenters. The van der Waals surface area contributed by atoms with E-state index in [9.17, 15) is 0 Å². The van der Waals surface area contributed by atoms with Crippen molar-refractivity contribution in [2.75, 3.05) is 13.2 Å². The predicted molar refractivity (Wildman–Crippen MR) is 69.4 cm³/mol. The van der Waals surface area contributed by atoms with Crippen LogP contribution >= 0.6 is 15.9 Å². The summed E-state index contributed by atoms with van der Waals surface area (Å²) in [5.74, 6) is 0.623. The van der Waals surface area contributed by atoms with Gasteiger partial charge in [-0.3, -0.25) is 0 Å². The lowest BCUT2D eigenvalue weighted by Gasteiger charge is -2.27. The van der Waals surface area contributed by atoms with Crippen LogP contribution in [-0.4, -0.2) is 19.3 Å². The molecule has 0 radical (unpaired) electrons. The molecule has 1 fully saturated rings. The van der Waals surface area contributed by atoms with Crippen LogP contribution in [0.25, 0.3) is 0 Å². The van der Waals surface area contributed by atoms with Crippen molar-refractivity contribution in [2.45, 2.75) is 25.3 Å². The molecule has 1 aliphatic rings.